The number of hydrogen-bond acceptors (Lipinski definition) is 5. The fraction of sp³-hybridized carbons (Fsp3) is 0.240. The molecule has 4 N–H and O–H groups in total. The van der Waals surface area contributed by atoms with Crippen LogP contribution in [0.15, 0.2) is 71.2 Å². The number of aliphatic hydroxyl groups is 2. The first kappa shape index (κ1) is 22.3. The number of amides is 1. The average molecular weight is 498 g/mol. The Hall–Kier alpha value is -2.87. The van der Waals surface area contributed by atoms with E-state index in [1.807, 2.05) is 24.3 Å². The highest BCUT2D eigenvalue weighted by atomic mass is 79.9. The molecule has 32 heavy (non-hydrogen) atoms. The molecule has 1 aliphatic rings. The number of rotatable bonds is 7. The quantitative estimate of drug-likeness (QED) is 0.385. The molecule has 0 aromatic heterocycles. The molecule has 3 aromatic rings. The Balaban J connectivity index is 1.29. The highest BCUT2D eigenvalue weighted by Gasteiger charge is 2.29. The van der Waals surface area contributed by atoms with Gasteiger partial charge in [0, 0.05) is 22.5 Å². The minimum Gasteiger partial charge on any atom is -0.508 e. The Morgan fingerprint density at radius 3 is 2.25 bits per heavy atom. The summed E-state index contributed by atoms with van der Waals surface area (Å²) in [4.78, 5) is 12.2. The van der Waals surface area contributed by atoms with E-state index in [1.54, 1.807) is 6.07 Å². The molecule has 2 unspecified atom stereocenters. The van der Waals surface area contributed by atoms with Gasteiger partial charge >= 0.3 is 6.09 Å². The number of hydrogen-bond donors (Lipinski definition) is 4. The molecule has 1 aliphatic carbocycles. The predicted octanol–water partition coefficient (Wildman–Crippen LogP) is 4.48. The van der Waals surface area contributed by atoms with E-state index in [9.17, 15) is 20.1 Å². The highest BCUT2D eigenvalue weighted by molar-refractivity contribution is 9.10. The van der Waals surface area contributed by atoms with Crippen molar-refractivity contribution in [2.75, 3.05) is 13.2 Å². The summed E-state index contributed by atoms with van der Waals surface area (Å²) < 4.78 is 6.12. The van der Waals surface area contributed by atoms with Crippen molar-refractivity contribution < 1.29 is 24.9 Å². The summed E-state index contributed by atoms with van der Waals surface area (Å²) in [6, 6.07) is 20.9. The molecule has 0 aliphatic heterocycles. The number of halogens is 1. The summed E-state index contributed by atoms with van der Waals surface area (Å²) in [6.07, 6.45) is -2.91. The Morgan fingerprint density at radius 1 is 1.00 bits per heavy atom. The van der Waals surface area contributed by atoms with Gasteiger partial charge < -0.3 is 25.4 Å². The van der Waals surface area contributed by atoms with Crippen molar-refractivity contribution in [2.45, 2.75) is 24.5 Å². The lowest BCUT2D eigenvalue weighted by Gasteiger charge is -2.19. The predicted molar refractivity (Wildman–Crippen MR) is 124 cm³/mol. The molecule has 0 spiro atoms. The number of aromatic hydroxyl groups is 1. The van der Waals surface area contributed by atoms with Gasteiger partial charge in [0.2, 0.25) is 0 Å². The van der Waals surface area contributed by atoms with Gasteiger partial charge in [-0.2, -0.15) is 0 Å². The summed E-state index contributed by atoms with van der Waals surface area (Å²) in [5, 5.41) is 33.1. The molecule has 0 saturated carbocycles. The van der Waals surface area contributed by atoms with Gasteiger partial charge in [-0.25, -0.2) is 4.79 Å². The molecule has 0 radical (unpaired) electrons. The van der Waals surface area contributed by atoms with Crippen LogP contribution in [0.25, 0.3) is 11.1 Å². The second-order valence-corrected chi connectivity index (χ2v) is 8.67. The molecule has 0 bridgehead atoms. The van der Waals surface area contributed by atoms with E-state index < -0.39 is 18.3 Å². The summed E-state index contributed by atoms with van der Waals surface area (Å²) in [5.74, 6) is -0.142. The lowest BCUT2D eigenvalue weighted by Crippen LogP contribution is -2.30. The molecule has 1 amide bonds. The standard InChI is InChI=1S/C25H24BrNO5/c26-15-9-10-20(23(29)13-15)24(30)22(28)11-12-27-25(31)32-14-21-18-7-3-1-5-16(18)17-6-2-4-8-19(17)21/h1-10,13,21-22,24,28-30H,11-12,14H2,(H,27,31). The van der Waals surface area contributed by atoms with Gasteiger partial charge in [0.15, 0.2) is 0 Å². The molecule has 0 heterocycles. The largest absolute Gasteiger partial charge is 0.508 e. The molecule has 0 fully saturated rings. The summed E-state index contributed by atoms with van der Waals surface area (Å²) in [6.45, 7) is 0.323. The van der Waals surface area contributed by atoms with Gasteiger partial charge in [-0.3, -0.25) is 0 Å². The van der Waals surface area contributed by atoms with Crippen molar-refractivity contribution in [3.05, 3.63) is 87.9 Å². The Labute approximate surface area is 194 Å². The minimum atomic E-state index is -1.27. The monoisotopic (exact) mass is 497 g/mol. The van der Waals surface area contributed by atoms with E-state index in [0.29, 0.717) is 4.47 Å². The number of alkyl carbamates (subject to hydrolysis) is 1. The van der Waals surface area contributed by atoms with E-state index in [4.69, 9.17) is 4.74 Å². The summed E-state index contributed by atoms with van der Waals surface area (Å²) >= 11 is 3.23. The van der Waals surface area contributed by atoms with Gasteiger partial charge in [-0.15, -0.1) is 0 Å². The minimum absolute atomic E-state index is 0.0269. The number of carbonyl (C=O) groups excluding carboxylic acids is 1. The second-order valence-electron chi connectivity index (χ2n) is 7.76. The van der Waals surface area contributed by atoms with Crippen LogP contribution in [0.3, 0.4) is 0 Å². The third-order valence-electron chi connectivity index (χ3n) is 5.73. The van der Waals surface area contributed by atoms with Crippen LogP contribution in [0, 0.1) is 0 Å². The number of fused-ring (bicyclic) bond motifs is 3. The fourth-order valence-electron chi connectivity index (χ4n) is 4.10. The first-order chi connectivity index (χ1) is 15.5. The number of benzene rings is 3. The zero-order valence-corrected chi connectivity index (χ0v) is 18.8. The molecule has 3 aromatic carbocycles. The average Bonchev–Trinajstić information content (AvgIpc) is 3.11. The molecular formula is C25H24BrNO5. The lowest BCUT2D eigenvalue weighted by atomic mass is 9.98. The van der Waals surface area contributed by atoms with Crippen molar-refractivity contribution in [1.82, 2.24) is 5.32 Å². The van der Waals surface area contributed by atoms with Gasteiger partial charge in [-0.1, -0.05) is 70.5 Å². The molecule has 7 heteroatoms. The molecule has 6 nitrogen and oxygen atoms in total. The Bertz CT molecular complexity index is 1070. The van der Waals surface area contributed by atoms with Crippen LogP contribution in [0.5, 0.6) is 5.75 Å². The van der Waals surface area contributed by atoms with Crippen LogP contribution in [-0.2, 0) is 4.74 Å². The van der Waals surface area contributed by atoms with Crippen molar-refractivity contribution in [3.8, 4) is 16.9 Å². The van der Waals surface area contributed by atoms with Crippen molar-refractivity contribution in [2.24, 2.45) is 0 Å². The Morgan fingerprint density at radius 2 is 1.62 bits per heavy atom. The molecule has 4 rings (SSSR count). The Kier molecular flexibility index (Phi) is 6.79. The van der Waals surface area contributed by atoms with Crippen LogP contribution >= 0.6 is 15.9 Å². The van der Waals surface area contributed by atoms with Crippen molar-refractivity contribution in [1.29, 1.82) is 0 Å². The number of nitrogens with one attached hydrogen (secondary N) is 1. The number of ether oxygens (including phenoxy) is 1. The van der Waals surface area contributed by atoms with Crippen molar-refractivity contribution >= 4 is 22.0 Å². The zero-order valence-electron chi connectivity index (χ0n) is 17.2. The highest BCUT2D eigenvalue weighted by Crippen LogP contribution is 2.44. The third kappa shape index (κ3) is 4.65. The van der Waals surface area contributed by atoms with Crippen LogP contribution in [0.4, 0.5) is 4.79 Å². The number of phenols is 1. The summed E-state index contributed by atoms with van der Waals surface area (Å²) in [5.41, 5.74) is 4.81. The topological polar surface area (TPSA) is 99.0 Å². The maximum Gasteiger partial charge on any atom is 0.407 e. The number of carbonyl (C=O) groups is 1. The SMILES string of the molecule is O=C(NCCC(O)C(O)c1ccc(Br)cc1O)OCC1c2ccccc2-c2ccccc21. The molecular weight excluding hydrogens is 474 g/mol. The third-order valence-corrected chi connectivity index (χ3v) is 6.22. The fourth-order valence-corrected chi connectivity index (χ4v) is 4.45. The molecule has 0 saturated heterocycles. The normalized spacial score (nSPS) is 14.3. The van der Waals surface area contributed by atoms with Crippen LogP contribution in [0.2, 0.25) is 0 Å². The lowest BCUT2D eigenvalue weighted by molar-refractivity contribution is 0.0124. The number of aliphatic hydroxyl groups excluding tert-OH is 2. The van der Waals surface area contributed by atoms with Crippen molar-refractivity contribution in [3.63, 3.8) is 0 Å². The van der Waals surface area contributed by atoms with Gasteiger partial charge in [0.25, 0.3) is 0 Å². The van der Waals surface area contributed by atoms with Crippen LogP contribution < -0.4 is 5.32 Å². The van der Waals surface area contributed by atoms with Crippen LogP contribution in [-0.4, -0.2) is 40.7 Å². The first-order valence-corrected chi connectivity index (χ1v) is 11.2. The van der Waals surface area contributed by atoms with E-state index in [-0.39, 0.29) is 36.8 Å². The van der Waals surface area contributed by atoms with E-state index in [0.717, 1.165) is 22.3 Å². The van der Waals surface area contributed by atoms with Gasteiger partial charge in [-0.05, 0) is 40.8 Å². The zero-order chi connectivity index (χ0) is 22.7. The first-order valence-electron chi connectivity index (χ1n) is 10.4. The maximum atomic E-state index is 12.2. The van der Waals surface area contributed by atoms with E-state index in [1.165, 1.54) is 12.1 Å². The van der Waals surface area contributed by atoms with Gasteiger partial charge in [0.05, 0.1) is 6.10 Å². The van der Waals surface area contributed by atoms with E-state index in [2.05, 4.69) is 45.5 Å². The van der Waals surface area contributed by atoms with Gasteiger partial charge in [0.1, 0.15) is 18.5 Å². The second kappa shape index (κ2) is 9.73. The van der Waals surface area contributed by atoms with Crippen LogP contribution in [0.1, 0.15) is 35.1 Å². The molecule has 166 valence electrons. The molecule has 2 atom stereocenters. The maximum absolute atomic E-state index is 12.2. The smallest absolute Gasteiger partial charge is 0.407 e. The summed E-state index contributed by atoms with van der Waals surface area (Å²) in [7, 11) is 0. The van der Waals surface area contributed by atoms with E-state index >= 15 is 0 Å². The number of phenolic OH excluding ortho intramolecular Hbond substituents is 1.